The molecule has 1 amide bonds. The van der Waals surface area contributed by atoms with Crippen molar-refractivity contribution in [3.8, 4) is 0 Å². The number of quaternary nitrogens is 1. The van der Waals surface area contributed by atoms with E-state index in [2.05, 4.69) is 21.7 Å². The highest BCUT2D eigenvalue weighted by molar-refractivity contribution is 7.09. The summed E-state index contributed by atoms with van der Waals surface area (Å²) >= 11 is 1.72. The van der Waals surface area contributed by atoms with Gasteiger partial charge in [0.15, 0.2) is 6.04 Å². The minimum Gasteiger partial charge on any atom is -0.360 e. The zero-order valence-electron chi connectivity index (χ0n) is 14.5. The lowest BCUT2D eigenvalue weighted by molar-refractivity contribution is -0.914. The molecule has 2 heterocycles. The number of rotatable bonds is 6. The maximum atomic E-state index is 13.0. The summed E-state index contributed by atoms with van der Waals surface area (Å²) in [7, 11) is 0. The third-order valence-electron chi connectivity index (χ3n) is 4.85. The number of nitrogens with zero attached hydrogens (tertiary/aromatic N) is 1. The third kappa shape index (κ3) is 4.80. The Morgan fingerprint density at radius 3 is 2.64 bits per heavy atom. The van der Waals surface area contributed by atoms with Crippen LogP contribution in [0.15, 0.2) is 41.8 Å². The molecule has 0 aliphatic carbocycles. The van der Waals surface area contributed by atoms with Gasteiger partial charge in [-0.05, 0) is 49.1 Å². The molecule has 6 heteroatoms. The van der Waals surface area contributed by atoms with Crippen molar-refractivity contribution in [1.29, 1.82) is 0 Å². The minimum atomic E-state index is -0.208. The average Bonchev–Trinajstić information content (AvgIpc) is 3.15. The molecule has 0 saturated carbocycles. The molecule has 1 aromatic carbocycles. The van der Waals surface area contributed by atoms with Crippen LogP contribution in [0, 0.1) is 5.82 Å². The fourth-order valence-electron chi connectivity index (χ4n) is 3.24. The Kier molecular flexibility index (Phi) is 6.04. The molecular weight excluding hydrogens is 337 g/mol. The second kappa shape index (κ2) is 8.45. The van der Waals surface area contributed by atoms with Gasteiger partial charge in [0, 0.05) is 17.1 Å². The van der Waals surface area contributed by atoms with Gasteiger partial charge >= 0.3 is 0 Å². The van der Waals surface area contributed by atoms with Crippen LogP contribution in [-0.2, 0) is 11.2 Å². The van der Waals surface area contributed by atoms with Crippen molar-refractivity contribution < 1.29 is 14.1 Å². The van der Waals surface area contributed by atoms with Gasteiger partial charge < -0.3 is 15.1 Å². The monoisotopic (exact) mass is 362 g/mol. The number of piperazine rings is 1. The summed E-state index contributed by atoms with van der Waals surface area (Å²) in [4.78, 5) is 17.2. The summed E-state index contributed by atoms with van der Waals surface area (Å²) < 4.78 is 13.0. The lowest BCUT2D eigenvalue weighted by Gasteiger charge is -2.36. The Morgan fingerprint density at radius 2 is 2.00 bits per heavy atom. The van der Waals surface area contributed by atoms with E-state index in [9.17, 15) is 9.18 Å². The van der Waals surface area contributed by atoms with E-state index in [-0.39, 0.29) is 17.8 Å². The van der Waals surface area contributed by atoms with Crippen LogP contribution in [0.5, 0.6) is 0 Å². The van der Waals surface area contributed by atoms with Crippen LogP contribution in [0.4, 0.5) is 10.1 Å². The van der Waals surface area contributed by atoms with Gasteiger partial charge in [-0.1, -0.05) is 6.07 Å². The molecule has 0 radical (unpaired) electrons. The maximum Gasteiger partial charge on any atom is 0.278 e. The first kappa shape index (κ1) is 17.9. The molecule has 134 valence electrons. The number of carbonyl (C=O) groups excluding carboxylic acids is 1. The first-order chi connectivity index (χ1) is 12.1. The lowest BCUT2D eigenvalue weighted by atomic mass is 10.2. The largest absolute Gasteiger partial charge is 0.360 e. The van der Waals surface area contributed by atoms with Gasteiger partial charge in [-0.25, -0.2) is 4.39 Å². The molecular formula is C19H25FN3OS+. The molecule has 3 rings (SSSR count). The first-order valence-corrected chi connectivity index (χ1v) is 9.66. The van der Waals surface area contributed by atoms with Crippen LogP contribution in [-0.4, -0.2) is 44.7 Å². The van der Waals surface area contributed by atoms with Crippen LogP contribution in [0.2, 0.25) is 0 Å². The Morgan fingerprint density at radius 1 is 1.28 bits per heavy atom. The van der Waals surface area contributed by atoms with Crippen LogP contribution in [0.1, 0.15) is 11.8 Å². The molecule has 0 bridgehead atoms. The normalized spacial score (nSPS) is 16.6. The molecule has 0 unspecified atom stereocenters. The fourth-order valence-corrected chi connectivity index (χ4v) is 3.95. The van der Waals surface area contributed by atoms with Crippen molar-refractivity contribution in [3.63, 3.8) is 0 Å². The van der Waals surface area contributed by atoms with Crippen molar-refractivity contribution in [2.24, 2.45) is 0 Å². The number of thiophene rings is 1. The Labute approximate surface area is 152 Å². The van der Waals surface area contributed by atoms with Gasteiger partial charge in [0.2, 0.25) is 0 Å². The van der Waals surface area contributed by atoms with Crippen LogP contribution >= 0.6 is 11.3 Å². The molecule has 25 heavy (non-hydrogen) atoms. The van der Waals surface area contributed by atoms with Gasteiger partial charge in [0.05, 0.1) is 26.2 Å². The van der Waals surface area contributed by atoms with Gasteiger partial charge in [0.25, 0.3) is 5.91 Å². The summed E-state index contributed by atoms with van der Waals surface area (Å²) in [5, 5.41) is 5.12. The molecule has 2 N–H and O–H groups in total. The number of nitrogens with one attached hydrogen (secondary N) is 2. The maximum absolute atomic E-state index is 13.0. The number of hydrogen-bond acceptors (Lipinski definition) is 3. The molecule has 1 aliphatic heterocycles. The standard InChI is InChI=1S/C19H24FN3OS/c1-15(19(24)21-9-8-18-3-2-14-25-18)22-10-12-23(13-11-22)17-6-4-16(20)5-7-17/h2-7,14-15H,8-13H2,1H3,(H,21,24)/p+1/t15-/m0/s1. The number of anilines is 1. The summed E-state index contributed by atoms with van der Waals surface area (Å²) in [6.45, 7) is 6.29. The zero-order valence-corrected chi connectivity index (χ0v) is 15.3. The van der Waals surface area contributed by atoms with Crippen molar-refractivity contribution in [3.05, 3.63) is 52.5 Å². The summed E-state index contributed by atoms with van der Waals surface area (Å²) in [5.41, 5.74) is 1.05. The van der Waals surface area contributed by atoms with Crippen LogP contribution in [0.3, 0.4) is 0 Å². The van der Waals surface area contributed by atoms with E-state index < -0.39 is 0 Å². The Balaban J connectivity index is 1.43. The van der Waals surface area contributed by atoms with E-state index in [1.165, 1.54) is 21.9 Å². The number of amides is 1. The highest BCUT2D eigenvalue weighted by Crippen LogP contribution is 2.14. The lowest BCUT2D eigenvalue weighted by Crippen LogP contribution is -3.19. The molecule has 1 saturated heterocycles. The highest BCUT2D eigenvalue weighted by Gasteiger charge is 2.29. The van der Waals surface area contributed by atoms with E-state index in [1.807, 2.05) is 25.1 Å². The second-order valence-corrected chi connectivity index (χ2v) is 7.50. The van der Waals surface area contributed by atoms with Gasteiger partial charge in [-0.15, -0.1) is 11.3 Å². The average molecular weight is 362 g/mol. The van der Waals surface area contributed by atoms with Crippen LogP contribution in [0.25, 0.3) is 0 Å². The third-order valence-corrected chi connectivity index (χ3v) is 5.79. The topological polar surface area (TPSA) is 36.8 Å². The number of hydrogen-bond donors (Lipinski definition) is 2. The first-order valence-electron chi connectivity index (χ1n) is 8.78. The SMILES string of the molecule is C[C@@H](C(=O)NCCc1cccs1)[NH+]1CCN(c2ccc(F)cc2)CC1. The van der Waals surface area contributed by atoms with Gasteiger partial charge in [0.1, 0.15) is 5.82 Å². The Hall–Kier alpha value is -1.92. The zero-order chi connectivity index (χ0) is 17.6. The van der Waals surface area contributed by atoms with Crippen LogP contribution < -0.4 is 15.1 Å². The van der Waals surface area contributed by atoms with E-state index in [4.69, 9.17) is 0 Å². The van der Waals surface area contributed by atoms with Crippen molar-refractivity contribution in [2.45, 2.75) is 19.4 Å². The number of halogens is 1. The molecule has 1 aliphatic rings. The van der Waals surface area contributed by atoms with Crippen molar-refractivity contribution in [2.75, 3.05) is 37.6 Å². The fraction of sp³-hybridized carbons (Fsp3) is 0.421. The molecule has 1 aromatic heterocycles. The summed E-state index contributed by atoms with van der Waals surface area (Å²) in [6.07, 6.45) is 0.893. The van der Waals surface area contributed by atoms with E-state index in [0.29, 0.717) is 6.54 Å². The van der Waals surface area contributed by atoms with Crippen molar-refractivity contribution >= 4 is 22.9 Å². The summed E-state index contributed by atoms with van der Waals surface area (Å²) in [6, 6.07) is 10.7. The molecule has 2 aromatic rings. The smallest absolute Gasteiger partial charge is 0.278 e. The van der Waals surface area contributed by atoms with Gasteiger partial charge in [-0.3, -0.25) is 4.79 Å². The van der Waals surface area contributed by atoms with E-state index in [1.54, 1.807) is 11.3 Å². The second-order valence-electron chi connectivity index (χ2n) is 6.46. The van der Waals surface area contributed by atoms with Gasteiger partial charge in [-0.2, -0.15) is 0 Å². The van der Waals surface area contributed by atoms with E-state index >= 15 is 0 Å². The minimum absolute atomic E-state index is 0.0429. The van der Waals surface area contributed by atoms with E-state index in [0.717, 1.165) is 38.3 Å². The predicted molar refractivity (Wildman–Crippen MR) is 99.8 cm³/mol. The molecule has 4 nitrogen and oxygen atoms in total. The number of benzene rings is 1. The molecule has 1 atom stereocenters. The molecule has 1 fully saturated rings. The quantitative estimate of drug-likeness (QED) is 0.814. The summed E-state index contributed by atoms with van der Waals surface area (Å²) in [5.74, 6) is -0.0809. The number of carbonyl (C=O) groups is 1. The molecule has 0 spiro atoms. The highest BCUT2D eigenvalue weighted by atomic mass is 32.1. The predicted octanol–water partition coefficient (Wildman–Crippen LogP) is 1.34. The van der Waals surface area contributed by atoms with Crippen molar-refractivity contribution in [1.82, 2.24) is 5.32 Å². The Bertz CT molecular complexity index is 666.